The average molecular weight is 435 g/mol. The minimum atomic E-state index is -0.0646. The molecule has 1 amide bonds. The van der Waals surface area contributed by atoms with Gasteiger partial charge >= 0.3 is 0 Å². The van der Waals surface area contributed by atoms with Gasteiger partial charge < -0.3 is 25.1 Å². The third kappa shape index (κ3) is 4.17. The van der Waals surface area contributed by atoms with Crippen LogP contribution in [-0.4, -0.2) is 48.7 Å². The maximum Gasteiger partial charge on any atom is 0.255 e. The minimum absolute atomic E-state index is 0.0646. The largest absolute Gasteiger partial charge is 0.497 e. The van der Waals surface area contributed by atoms with Gasteiger partial charge in [-0.25, -0.2) is 0 Å². The van der Waals surface area contributed by atoms with Crippen LogP contribution < -0.4 is 20.1 Å². The molecule has 7 heteroatoms. The van der Waals surface area contributed by atoms with Crippen LogP contribution in [0, 0.1) is 12.8 Å². The first-order chi connectivity index (χ1) is 15.6. The number of H-pyrrole nitrogens is 1. The number of benzene rings is 1. The average Bonchev–Trinajstić information content (AvgIpc) is 3.58. The number of hydrogen-bond donors (Lipinski definition) is 3. The van der Waals surface area contributed by atoms with Crippen LogP contribution in [-0.2, 0) is 0 Å². The first kappa shape index (κ1) is 20.8. The molecule has 1 saturated heterocycles. The fourth-order valence-electron chi connectivity index (χ4n) is 4.40. The molecule has 0 atom stereocenters. The molecule has 1 aliphatic heterocycles. The van der Waals surface area contributed by atoms with Crippen LogP contribution in [0.15, 0.2) is 30.5 Å². The van der Waals surface area contributed by atoms with E-state index in [9.17, 15) is 4.79 Å². The zero-order valence-electron chi connectivity index (χ0n) is 18.7. The van der Waals surface area contributed by atoms with Gasteiger partial charge in [0.2, 0.25) is 0 Å². The fourth-order valence-corrected chi connectivity index (χ4v) is 4.40. The van der Waals surface area contributed by atoms with Crippen LogP contribution >= 0.6 is 0 Å². The number of aromatic nitrogens is 2. The van der Waals surface area contributed by atoms with Crippen molar-refractivity contribution in [3.05, 3.63) is 41.7 Å². The summed E-state index contributed by atoms with van der Waals surface area (Å²) in [5, 5.41) is 6.53. The van der Waals surface area contributed by atoms with E-state index < -0.39 is 0 Å². The van der Waals surface area contributed by atoms with Crippen molar-refractivity contribution in [2.24, 2.45) is 5.92 Å². The second kappa shape index (κ2) is 8.82. The van der Waals surface area contributed by atoms with E-state index in [4.69, 9.17) is 9.47 Å². The van der Waals surface area contributed by atoms with Gasteiger partial charge in [-0.05, 0) is 69.8 Å². The molecule has 0 spiro atoms. The summed E-state index contributed by atoms with van der Waals surface area (Å²) in [7, 11) is 1.66. The van der Waals surface area contributed by atoms with Crippen LogP contribution in [0.3, 0.4) is 0 Å². The van der Waals surface area contributed by atoms with E-state index in [1.807, 2.05) is 31.2 Å². The monoisotopic (exact) mass is 434 g/mol. The molecule has 0 unspecified atom stereocenters. The molecular weight excluding hydrogens is 404 g/mol. The summed E-state index contributed by atoms with van der Waals surface area (Å²) in [5.41, 5.74) is 4.91. The standard InChI is InChI=1S/C25H30N4O3/c1-15-22(25(30)29-17-7-10-26-11-8-17)24-23(28-15)20(9-12-27-24)19-6-5-18(31-2)13-21(19)32-14-16-3-4-16/h5-6,9,12-13,16-17,26,28H,3-4,7-8,10-11,14H2,1-2H3,(H,29,30). The quantitative estimate of drug-likeness (QED) is 0.526. The maximum atomic E-state index is 13.2. The van der Waals surface area contributed by atoms with Gasteiger partial charge in [-0.3, -0.25) is 9.78 Å². The van der Waals surface area contributed by atoms with Crippen molar-refractivity contribution in [3.8, 4) is 22.6 Å². The smallest absolute Gasteiger partial charge is 0.255 e. The number of pyridine rings is 1. The Balaban J connectivity index is 1.51. The molecule has 0 radical (unpaired) electrons. The summed E-state index contributed by atoms with van der Waals surface area (Å²) in [4.78, 5) is 21.2. The predicted octanol–water partition coefficient (Wildman–Crippen LogP) is 3.82. The van der Waals surface area contributed by atoms with Gasteiger partial charge in [0.25, 0.3) is 5.91 Å². The summed E-state index contributed by atoms with van der Waals surface area (Å²) in [6, 6.07) is 8.05. The zero-order valence-corrected chi connectivity index (χ0v) is 18.7. The van der Waals surface area contributed by atoms with Crippen molar-refractivity contribution in [3.63, 3.8) is 0 Å². The Kier molecular flexibility index (Phi) is 5.74. The number of amides is 1. The number of aryl methyl sites for hydroxylation is 1. The van der Waals surface area contributed by atoms with E-state index in [1.54, 1.807) is 13.3 Å². The predicted molar refractivity (Wildman–Crippen MR) is 124 cm³/mol. The van der Waals surface area contributed by atoms with Crippen molar-refractivity contribution in [2.75, 3.05) is 26.8 Å². The highest BCUT2D eigenvalue weighted by Gasteiger charge is 2.25. The summed E-state index contributed by atoms with van der Waals surface area (Å²) in [6.45, 7) is 4.51. The van der Waals surface area contributed by atoms with Crippen LogP contribution in [0.5, 0.6) is 11.5 Å². The molecule has 7 nitrogen and oxygen atoms in total. The molecule has 1 aromatic carbocycles. The number of nitrogens with zero attached hydrogens (tertiary/aromatic N) is 1. The van der Waals surface area contributed by atoms with Gasteiger partial charge in [-0.1, -0.05) is 0 Å². The summed E-state index contributed by atoms with van der Waals surface area (Å²) in [5.74, 6) is 2.13. The number of piperidine rings is 1. The van der Waals surface area contributed by atoms with Gasteiger partial charge in [0.05, 0.1) is 24.8 Å². The third-order valence-corrected chi connectivity index (χ3v) is 6.43. The van der Waals surface area contributed by atoms with Gasteiger partial charge in [0.15, 0.2) is 0 Å². The van der Waals surface area contributed by atoms with Crippen LogP contribution in [0.4, 0.5) is 0 Å². The molecule has 2 fully saturated rings. The highest BCUT2D eigenvalue weighted by Crippen LogP contribution is 2.39. The van der Waals surface area contributed by atoms with E-state index >= 15 is 0 Å². The molecular formula is C25H30N4O3. The Morgan fingerprint density at radius 3 is 2.72 bits per heavy atom. The SMILES string of the molecule is COc1ccc(-c2ccnc3c(C(=O)NC4CCNCC4)c(C)[nH]c23)c(OCC2CC2)c1. The lowest BCUT2D eigenvalue weighted by atomic mass is 10.0. The zero-order chi connectivity index (χ0) is 22.1. The Morgan fingerprint density at radius 1 is 1.16 bits per heavy atom. The highest BCUT2D eigenvalue weighted by molar-refractivity contribution is 6.09. The van der Waals surface area contributed by atoms with Gasteiger partial charge in [-0.2, -0.15) is 0 Å². The number of methoxy groups -OCH3 is 1. The van der Waals surface area contributed by atoms with E-state index in [0.717, 1.165) is 59.8 Å². The summed E-state index contributed by atoms with van der Waals surface area (Å²) < 4.78 is 11.6. The normalized spacial score (nSPS) is 16.8. The number of fused-ring (bicyclic) bond motifs is 1. The number of ether oxygens (including phenoxy) is 2. The Morgan fingerprint density at radius 2 is 1.97 bits per heavy atom. The van der Waals surface area contributed by atoms with E-state index in [2.05, 4.69) is 20.6 Å². The lowest BCUT2D eigenvalue weighted by molar-refractivity contribution is 0.0930. The van der Waals surface area contributed by atoms with E-state index in [-0.39, 0.29) is 11.9 Å². The maximum absolute atomic E-state index is 13.2. The fraction of sp³-hybridized carbons (Fsp3) is 0.440. The van der Waals surface area contributed by atoms with E-state index in [0.29, 0.717) is 23.6 Å². The van der Waals surface area contributed by atoms with E-state index in [1.165, 1.54) is 12.8 Å². The third-order valence-electron chi connectivity index (χ3n) is 6.43. The first-order valence-corrected chi connectivity index (χ1v) is 11.4. The number of aromatic amines is 1. The van der Waals surface area contributed by atoms with Crippen LogP contribution in [0.2, 0.25) is 0 Å². The minimum Gasteiger partial charge on any atom is -0.497 e. The number of carbonyl (C=O) groups excluding carboxylic acids is 1. The number of rotatable bonds is 7. The second-order valence-corrected chi connectivity index (χ2v) is 8.82. The molecule has 32 heavy (non-hydrogen) atoms. The molecule has 1 saturated carbocycles. The summed E-state index contributed by atoms with van der Waals surface area (Å²) >= 11 is 0. The highest BCUT2D eigenvalue weighted by atomic mass is 16.5. The van der Waals surface area contributed by atoms with Crippen molar-refractivity contribution in [1.82, 2.24) is 20.6 Å². The molecule has 1 aliphatic carbocycles. The molecule has 2 aliphatic rings. The Bertz CT molecular complexity index is 1130. The second-order valence-electron chi connectivity index (χ2n) is 8.82. The molecule has 3 heterocycles. The molecule has 168 valence electrons. The molecule has 0 bridgehead atoms. The van der Waals surface area contributed by atoms with Gasteiger partial charge in [0, 0.05) is 35.1 Å². The molecule has 3 aromatic rings. The topological polar surface area (TPSA) is 88.3 Å². The molecule has 5 rings (SSSR count). The van der Waals surface area contributed by atoms with Crippen LogP contribution in [0.25, 0.3) is 22.2 Å². The first-order valence-electron chi connectivity index (χ1n) is 11.4. The van der Waals surface area contributed by atoms with Gasteiger partial charge in [0.1, 0.15) is 17.0 Å². The van der Waals surface area contributed by atoms with Crippen molar-refractivity contribution in [1.29, 1.82) is 0 Å². The molecule has 2 aromatic heterocycles. The summed E-state index contributed by atoms with van der Waals surface area (Å²) in [6.07, 6.45) is 6.11. The van der Waals surface area contributed by atoms with Crippen molar-refractivity contribution >= 4 is 16.9 Å². The number of hydrogen-bond acceptors (Lipinski definition) is 5. The van der Waals surface area contributed by atoms with Crippen molar-refractivity contribution < 1.29 is 14.3 Å². The number of carbonyl (C=O) groups is 1. The van der Waals surface area contributed by atoms with Crippen LogP contribution in [0.1, 0.15) is 41.7 Å². The molecule has 3 N–H and O–H groups in total. The Labute approximate surface area is 187 Å². The Hall–Kier alpha value is -3.06. The van der Waals surface area contributed by atoms with Crippen molar-refractivity contribution in [2.45, 2.75) is 38.6 Å². The lowest BCUT2D eigenvalue weighted by Gasteiger charge is -2.23. The number of nitrogens with one attached hydrogen (secondary N) is 3. The van der Waals surface area contributed by atoms with Gasteiger partial charge in [-0.15, -0.1) is 0 Å². The lowest BCUT2D eigenvalue weighted by Crippen LogP contribution is -2.42.